The largest absolute Gasteiger partial charge is 0.464 e. The Labute approximate surface area is 244 Å². The summed E-state index contributed by atoms with van der Waals surface area (Å²) in [6, 6.07) is 22.8. The van der Waals surface area contributed by atoms with Crippen molar-refractivity contribution < 1.29 is 37.8 Å². The topological polar surface area (TPSA) is 111 Å². The monoisotopic (exact) mass is 578 g/mol. The number of amides is 3. The van der Waals surface area contributed by atoms with E-state index >= 15 is 0 Å². The summed E-state index contributed by atoms with van der Waals surface area (Å²) in [7, 11) is 0. The van der Waals surface area contributed by atoms with Gasteiger partial charge in [0, 0.05) is 19.4 Å². The zero-order valence-corrected chi connectivity index (χ0v) is 23.5. The van der Waals surface area contributed by atoms with Crippen molar-refractivity contribution in [1.29, 1.82) is 0 Å². The Morgan fingerprint density at radius 1 is 0.738 bits per heavy atom. The van der Waals surface area contributed by atoms with Crippen LogP contribution in [0, 0.1) is 5.82 Å². The molecular weight excluding hydrogens is 543 g/mol. The molecule has 9 nitrogen and oxygen atoms in total. The summed E-state index contributed by atoms with van der Waals surface area (Å²) in [5, 5.41) is 2.67. The minimum absolute atomic E-state index is 0.0200. The first-order valence-corrected chi connectivity index (χ1v) is 13.7. The van der Waals surface area contributed by atoms with Crippen LogP contribution in [0.3, 0.4) is 0 Å². The maximum Gasteiger partial charge on any atom is 0.419 e. The van der Waals surface area contributed by atoms with Gasteiger partial charge in [-0.1, -0.05) is 72.8 Å². The van der Waals surface area contributed by atoms with Gasteiger partial charge in [0.2, 0.25) is 5.91 Å². The molecule has 0 aliphatic carbocycles. The summed E-state index contributed by atoms with van der Waals surface area (Å²) < 4.78 is 29.0. The van der Waals surface area contributed by atoms with Gasteiger partial charge in [0.15, 0.2) is 0 Å². The quantitative estimate of drug-likeness (QED) is 0.151. The zero-order valence-electron chi connectivity index (χ0n) is 23.5. The van der Waals surface area contributed by atoms with E-state index in [9.17, 15) is 23.6 Å². The van der Waals surface area contributed by atoms with Crippen LogP contribution < -0.4 is 5.32 Å². The molecule has 3 rings (SSSR count). The molecule has 0 saturated carbocycles. The van der Waals surface area contributed by atoms with E-state index in [2.05, 4.69) is 5.32 Å². The number of unbranched alkanes of at least 4 members (excludes halogenated alkanes) is 1. The number of nitrogens with zero attached hydrogens (tertiary/aromatic N) is 1. The van der Waals surface area contributed by atoms with Crippen molar-refractivity contribution in [2.45, 2.75) is 51.9 Å². The number of esters is 1. The van der Waals surface area contributed by atoms with Crippen LogP contribution in [0.25, 0.3) is 0 Å². The molecule has 0 aliphatic rings. The molecule has 0 radical (unpaired) electrons. The Balaban J connectivity index is 1.54. The van der Waals surface area contributed by atoms with Crippen LogP contribution in [0.15, 0.2) is 84.9 Å². The van der Waals surface area contributed by atoms with Crippen molar-refractivity contribution in [2.75, 3.05) is 13.2 Å². The highest BCUT2D eigenvalue weighted by molar-refractivity contribution is 5.88. The van der Waals surface area contributed by atoms with Crippen molar-refractivity contribution in [3.63, 3.8) is 0 Å². The summed E-state index contributed by atoms with van der Waals surface area (Å²) in [5.74, 6) is -1.40. The summed E-state index contributed by atoms with van der Waals surface area (Å²) in [6.45, 7) is 1.73. The van der Waals surface area contributed by atoms with Crippen LogP contribution in [0.1, 0.15) is 42.9 Å². The van der Waals surface area contributed by atoms with E-state index in [0.29, 0.717) is 12.0 Å². The summed E-state index contributed by atoms with van der Waals surface area (Å²) >= 11 is 0. The molecule has 1 unspecified atom stereocenters. The number of benzene rings is 3. The predicted octanol–water partition coefficient (Wildman–Crippen LogP) is 5.56. The molecule has 0 heterocycles. The first-order valence-electron chi connectivity index (χ1n) is 13.7. The SMILES string of the molecule is CCOC(=O)C(Cc1ccc(F)cc1)NC(=O)CCCCN(C(=O)OCc1ccccc1)C(=O)OCc1ccccc1. The zero-order chi connectivity index (χ0) is 30.2. The van der Waals surface area contributed by atoms with Gasteiger partial charge in [0.05, 0.1) is 6.61 Å². The van der Waals surface area contributed by atoms with Gasteiger partial charge < -0.3 is 19.5 Å². The first-order chi connectivity index (χ1) is 20.4. The van der Waals surface area contributed by atoms with Gasteiger partial charge in [-0.3, -0.25) is 4.79 Å². The number of hydrogen-bond acceptors (Lipinski definition) is 7. The third kappa shape index (κ3) is 11.0. The van der Waals surface area contributed by atoms with Crippen molar-refractivity contribution in [2.24, 2.45) is 0 Å². The van der Waals surface area contributed by atoms with Gasteiger partial charge in [0.1, 0.15) is 25.1 Å². The lowest BCUT2D eigenvalue weighted by molar-refractivity contribution is -0.147. The van der Waals surface area contributed by atoms with Crippen LogP contribution in [0.2, 0.25) is 0 Å². The smallest absolute Gasteiger partial charge is 0.419 e. The van der Waals surface area contributed by atoms with Crippen LogP contribution in [-0.4, -0.2) is 48.2 Å². The molecule has 0 spiro atoms. The number of halogens is 1. The normalized spacial score (nSPS) is 11.2. The molecule has 0 aliphatic heterocycles. The fourth-order valence-corrected chi connectivity index (χ4v) is 3.97. The molecule has 3 aromatic rings. The highest BCUT2D eigenvalue weighted by atomic mass is 19.1. The molecule has 0 saturated heterocycles. The summed E-state index contributed by atoms with van der Waals surface area (Å²) in [5.41, 5.74) is 2.18. The molecule has 1 atom stereocenters. The van der Waals surface area contributed by atoms with Crippen LogP contribution in [-0.2, 0) is 43.4 Å². The number of rotatable bonds is 14. The summed E-state index contributed by atoms with van der Waals surface area (Å²) in [4.78, 5) is 51.6. The summed E-state index contributed by atoms with van der Waals surface area (Å²) in [6.07, 6.45) is -0.946. The Morgan fingerprint density at radius 3 is 1.81 bits per heavy atom. The van der Waals surface area contributed by atoms with Crippen molar-refractivity contribution >= 4 is 24.1 Å². The van der Waals surface area contributed by atoms with Gasteiger partial charge in [0.25, 0.3) is 0 Å². The maximum atomic E-state index is 13.3. The van der Waals surface area contributed by atoms with Crippen LogP contribution in [0.4, 0.5) is 14.0 Å². The van der Waals surface area contributed by atoms with Crippen molar-refractivity contribution in [3.8, 4) is 0 Å². The van der Waals surface area contributed by atoms with Crippen LogP contribution >= 0.6 is 0 Å². The van der Waals surface area contributed by atoms with Crippen molar-refractivity contribution in [3.05, 3.63) is 107 Å². The van der Waals surface area contributed by atoms with Gasteiger partial charge in [-0.2, -0.15) is 0 Å². The van der Waals surface area contributed by atoms with E-state index in [-0.39, 0.29) is 45.6 Å². The lowest BCUT2D eigenvalue weighted by atomic mass is 10.1. The fraction of sp³-hybridized carbons (Fsp3) is 0.312. The average Bonchev–Trinajstić information content (AvgIpc) is 3.00. The van der Waals surface area contributed by atoms with Gasteiger partial charge in [-0.05, 0) is 48.6 Å². The van der Waals surface area contributed by atoms with Gasteiger partial charge in [-0.15, -0.1) is 0 Å². The van der Waals surface area contributed by atoms with E-state index in [4.69, 9.17) is 14.2 Å². The van der Waals surface area contributed by atoms with E-state index in [1.165, 1.54) is 24.3 Å². The number of imide groups is 1. The Kier molecular flexibility index (Phi) is 13.0. The average molecular weight is 579 g/mol. The highest BCUT2D eigenvalue weighted by Crippen LogP contribution is 2.11. The minimum atomic E-state index is -0.944. The Morgan fingerprint density at radius 2 is 1.29 bits per heavy atom. The van der Waals surface area contributed by atoms with Gasteiger partial charge in [-0.25, -0.2) is 23.7 Å². The lowest BCUT2D eigenvalue weighted by Crippen LogP contribution is -2.43. The molecule has 3 amide bonds. The minimum Gasteiger partial charge on any atom is -0.464 e. The van der Waals surface area contributed by atoms with Crippen molar-refractivity contribution in [1.82, 2.24) is 10.2 Å². The molecule has 222 valence electrons. The highest BCUT2D eigenvalue weighted by Gasteiger charge is 2.25. The second-order valence-corrected chi connectivity index (χ2v) is 9.39. The van der Waals surface area contributed by atoms with Gasteiger partial charge >= 0.3 is 18.2 Å². The van der Waals surface area contributed by atoms with E-state index in [1.54, 1.807) is 31.2 Å². The van der Waals surface area contributed by atoms with E-state index < -0.39 is 35.9 Å². The number of carbonyl (C=O) groups excluding carboxylic acids is 4. The molecule has 3 aromatic carbocycles. The molecule has 10 heteroatoms. The molecular formula is C32H35FN2O7. The van der Waals surface area contributed by atoms with E-state index in [0.717, 1.165) is 16.0 Å². The third-order valence-corrected chi connectivity index (χ3v) is 6.15. The fourth-order valence-electron chi connectivity index (χ4n) is 3.97. The first kappa shape index (κ1) is 31.8. The Bertz CT molecular complexity index is 1230. The lowest BCUT2D eigenvalue weighted by Gasteiger charge is -2.20. The van der Waals surface area contributed by atoms with E-state index in [1.807, 2.05) is 36.4 Å². The molecule has 1 N–H and O–H groups in total. The third-order valence-electron chi connectivity index (χ3n) is 6.15. The molecule has 42 heavy (non-hydrogen) atoms. The molecule has 0 fully saturated rings. The number of ether oxygens (including phenoxy) is 3. The second-order valence-electron chi connectivity index (χ2n) is 9.39. The Hall–Kier alpha value is -4.73. The van der Waals surface area contributed by atoms with Crippen LogP contribution in [0.5, 0.6) is 0 Å². The predicted molar refractivity (Wildman–Crippen MR) is 152 cm³/mol. The number of nitrogens with one attached hydrogen (secondary N) is 1. The number of carbonyl (C=O) groups is 4. The number of hydrogen-bond donors (Lipinski definition) is 1. The molecule has 0 bridgehead atoms. The molecule has 0 aromatic heterocycles. The maximum absolute atomic E-state index is 13.3. The second kappa shape index (κ2) is 17.2. The standard InChI is InChI=1S/C32H35FN2O7/c1-2-40-30(37)28(21-24-16-18-27(33)19-17-24)34-29(36)15-9-10-20-35(31(38)41-22-25-11-5-3-6-12-25)32(39)42-23-26-13-7-4-8-14-26/h3-8,11-14,16-19,28H,2,9-10,15,20-23H2,1H3,(H,34,36).